The number of aliphatic hydroxyl groups excluding tert-OH is 1. The number of rotatable bonds is 1. The number of amides is 1. The molecule has 1 saturated carbocycles. The molecule has 1 fully saturated rings. The van der Waals surface area contributed by atoms with Crippen LogP contribution >= 0.6 is 0 Å². The first-order valence-electron chi connectivity index (χ1n) is 4.13. The van der Waals surface area contributed by atoms with E-state index in [1.54, 1.807) is 6.92 Å². The molecule has 0 aliphatic heterocycles. The molecule has 66 valence electrons. The lowest BCUT2D eigenvalue weighted by Crippen LogP contribution is -2.32. The maximum absolute atomic E-state index is 10.9. The Morgan fingerprint density at radius 1 is 1.58 bits per heavy atom. The van der Waals surface area contributed by atoms with Gasteiger partial charge in [-0.05, 0) is 32.1 Å². The number of carbonyl (C=O) groups is 1. The molecule has 1 amide bonds. The first-order valence-corrected chi connectivity index (χ1v) is 4.13. The lowest BCUT2D eigenvalue weighted by Gasteiger charge is -2.08. The van der Waals surface area contributed by atoms with Crippen molar-refractivity contribution in [3.8, 4) is 11.8 Å². The molecule has 0 saturated heterocycles. The number of nitrogens with one attached hydrogen (secondary N) is 1. The second-order valence-electron chi connectivity index (χ2n) is 3.01. The van der Waals surface area contributed by atoms with Crippen LogP contribution in [-0.4, -0.2) is 23.2 Å². The topological polar surface area (TPSA) is 49.3 Å². The summed E-state index contributed by atoms with van der Waals surface area (Å²) >= 11 is 0. The zero-order chi connectivity index (χ0) is 8.97. The van der Waals surface area contributed by atoms with Crippen LogP contribution in [0.25, 0.3) is 0 Å². The fourth-order valence-electron chi connectivity index (χ4n) is 1.42. The van der Waals surface area contributed by atoms with E-state index in [9.17, 15) is 4.79 Å². The summed E-state index contributed by atoms with van der Waals surface area (Å²) in [7, 11) is 0. The van der Waals surface area contributed by atoms with Crippen LogP contribution in [0.15, 0.2) is 0 Å². The molecule has 1 aliphatic carbocycles. The van der Waals surface area contributed by atoms with Crippen LogP contribution in [-0.2, 0) is 4.79 Å². The quantitative estimate of drug-likeness (QED) is 0.542. The van der Waals surface area contributed by atoms with E-state index in [0.29, 0.717) is 6.42 Å². The van der Waals surface area contributed by atoms with Gasteiger partial charge in [-0.3, -0.25) is 4.79 Å². The van der Waals surface area contributed by atoms with Crippen LogP contribution in [0.1, 0.15) is 26.2 Å². The molecule has 0 aromatic heterocycles. The Morgan fingerprint density at radius 2 is 2.33 bits per heavy atom. The first kappa shape index (κ1) is 9.08. The molecule has 3 nitrogen and oxygen atoms in total. The minimum atomic E-state index is -0.245. The third-order valence-electron chi connectivity index (χ3n) is 1.98. The van der Waals surface area contributed by atoms with Crippen LogP contribution in [0.4, 0.5) is 0 Å². The molecular weight excluding hydrogens is 154 g/mol. The highest BCUT2D eigenvalue weighted by atomic mass is 16.3. The van der Waals surface area contributed by atoms with Gasteiger partial charge in [-0.25, -0.2) is 0 Å². The Bertz CT molecular complexity index is 226. The summed E-state index contributed by atoms with van der Waals surface area (Å²) in [5, 5.41) is 11.9. The van der Waals surface area contributed by atoms with Crippen molar-refractivity contribution >= 4 is 5.91 Å². The SMILES string of the molecule is CC#CC(=O)N[C@H]1CC[C@@H](O)C1. The van der Waals surface area contributed by atoms with Crippen molar-refractivity contribution in [2.24, 2.45) is 0 Å². The Morgan fingerprint density at radius 3 is 2.83 bits per heavy atom. The van der Waals surface area contributed by atoms with Gasteiger partial charge in [0.15, 0.2) is 0 Å². The lowest BCUT2D eigenvalue weighted by molar-refractivity contribution is -0.116. The van der Waals surface area contributed by atoms with Gasteiger partial charge in [-0.1, -0.05) is 5.92 Å². The molecule has 3 heteroatoms. The van der Waals surface area contributed by atoms with Gasteiger partial charge in [0.2, 0.25) is 0 Å². The highest BCUT2D eigenvalue weighted by molar-refractivity contribution is 5.93. The van der Waals surface area contributed by atoms with Crippen molar-refractivity contribution in [3.63, 3.8) is 0 Å². The Balaban J connectivity index is 2.31. The van der Waals surface area contributed by atoms with E-state index in [1.165, 1.54) is 0 Å². The number of hydrogen-bond donors (Lipinski definition) is 2. The van der Waals surface area contributed by atoms with Gasteiger partial charge in [0.25, 0.3) is 5.91 Å². The highest BCUT2D eigenvalue weighted by Crippen LogP contribution is 2.18. The van der Waals surface area contributed by atoms with Crippen molar-refractivity contribution in [2.45, 2.75) is 38.3 Å². The summed E-state index contributed by atoms with van der Waals surface area (Å²) in [5.41, 5.74) is 0. The monoisotopic (exact) mass is 167 g/mol. The van der Waals surface area contributed by atoms with E-state index < -0.39 is 0 Å². The summed E-state index contributed by atoms with van der Waals surface area (Å²) in [6, 6.07) is 0.119. The molecule has 12 heavy (non-hydrogen) atoms. The van der Waals surface area contributed by atoms with Gasteiger partial charge in [0.1, 0.15) is 0 Å². The maximum atomic E-state index is 10.9. The first-order chi connectivity index (χ1) is 5.72. The van der Waals surface area contributed by atoms with Crippen molar-refractivity contribution < 1.29 is 9.90 Å². The van der Waals surface area contributed by atoms with E-state index in [1.807, 2.05) is 0 Å². The van der Waals surface area contributed by atoms with Gasteiger partial charge in [0, 0.05) is 6.04 Å². The summed E-state index contributed by atoms with van der Waals surface area (Å²) in [4.78, 5) is 10.9. The van der Waals surface area contributed by atoms with E-state index in [4.69, 9.17) is 5.11 Å². The van der Waals surface area contributed by atoms with Crippen LogP contribution in [0.5, 0.6) is 0 Å². The van der Waals surface area contributed by atoms with Gasteiger partial charge in [-0.15, -0.1) is 0 Å². The molecule has 0 radical (unpaired) electrons. The second-order valence-corrected chi connectivity index (χ2v) is 3.01. The average Bonchev–Trinajstić information content (AvgIpc) is 2.36. The fourth-order valence-corrected chi connectivity index (χ4v) is 1.42. The highest BCUT2D eigenvalue weighted by Gasteiger charge is 2.23. The number of aliphatic hydroxyl groups is 1. The number of carbonyl (C=O) groups excluding carboxylic acids is 1. The molecule has 0 unspecified atom stereocenters. The van der Waals surface area contributed by atoms with E-state index in [2.05, 4.69) is 17.2 Å². The van der Waals surface area contributed by atoms with Crippen molar-refractivity contribution in [1.29, 1.82) is 0 Å². The van der Waals surface area contributed by atoms with Crippen molar-refractivity contribution in [2.75, 3.05) is 0 Å². The van der Waals surface area contributed by atoms with Crippen molar-refractivity contribution in [1.82, 2.24) is 5.32 Å². The smallest absolute Gasteiger partial charge is 0.296 e. The maximum Gasteiger partial charge on any atom is 0.296 e. The van der Waals surface area contributed by atoms with Gasteiger partial charge in [-0.2, -0.15) is 0 Å². The lowest BCUT2D eigenvalue weighted by atomic mass is 10.2. The molecule has 0 aromatic carbocycles. The van der Waals surface area contributed by atoms with Crippen LogP contribution in [0.2, 0.25) is 0 Å². The zero-order valence-corrected chi connectivity index (χ0v) is 7.13. The minimum absolute atomic E-state index is 0.119. The minimum Gasteiger partial charge on any atom is -0.393 e. The Hall–Kier alpha value is -1.01. The van der Waals surface area contributed by atoms with Crippen molar-refractivity contribution in [3.05, 3.63) is 0 Å². The predicted molar refractivity (Wildman–Crippen MR) is 45.2 cm³/mol. The molecule has 0 aromatic rings. The van der Waals surface area contributed by atoms with Crippen LogP contribution in [0, 0.1) is 11.8 Å². The van der Waals surface area contributed by atoms with E-state index in [-0.39, 0.29) is 18.1 Å². The Labute approximate surface area is 72.2 Å². The zero-order valence-electron chi connectivity index (χ0n) is 7.13. The molecule has 0 spiro atoms. The molecule has 0 bridgehead atoms. The summed E-state index contributed by atoms with van der Waals surface area (Å²) in [6.07, 6.45) is 2.06. The molecule has 0 heterocycles. The average molecular weight is 167 g/mol. The molecule has 1 aliphatic rings. The molecular formula is C9H13NO2. The van der Waals surface area contributed by atoms with Crippen LogP contribution in [0.3, 0.4) is 0 Å². The largest absolute Gasteiger partial charge is 0.393 e. The predicted octanol–water partition coefficient (Wildman–Crippen LogP) is 0.0393. The second kappa shape index (κ2) is 4.13. The van der Waals surface area contributed by atoms with E-state index in [0.717, 1.165) is 12.8 Å². The molecule has 1 rings (SSSR count). The van der Waals surface area contributed by atoms with E-state index >= 15 is 0 Å². The fraction of sp³-hybridized carbons (Fsp3) is 0.667. The van der Waals surface area contributed by atoms with Gasteiger partial charge in [0.05, 0.1) is 6.10 Å². The molecule has 2 N–H and O–H groups in total. The van der Waals surface area contributed by atoms with Crippen LogP contribution < -0.4 is 5.32 Å². The molecule has 2 atom stereocenters. The summed E-state index contributed by atoms with van der Waals surface area (Å²) in [5.74, 6) is 4.69. The third kappa shape index (κ3) is 2.55. The number of hydrogen-bond acceptors (Lipinski definition) is 2. The summed E-state index contributed by atoms with van der Waals surface area (Å²) in [6.45, 7) is 1.63. The van der Waals surface area contributed by atoms with Gasteiger partial charge >= 0.3 is 0 Å². The Kier molecular flexibility index (Phi) is 3.12. The van der Waals surface area contributed by atoms with Gasteiger partial charge < -0.3 is 10.4 Å². The normalized spacial score (nSPS) is 27.5. The third-order valence-corrected chi connectivity index (χ3v) is 1.98. The summed E-state index contributed by atoms with van der Waals surface area (Å²) < 4.78 is 0. The standard InChI is InChI=1S/C9H13NO2/c1-2-3-9(12)10-7-4-5-8(11)6-7/h7-8,11H,4-6H2,1H3,(H,10,12)/t7-,8+/m0/s1.